The lowest BCUT2D eigenvalue weighted by molar-refractivity contribution is -0.186. The minimum absolute atomic E-state index is 0.0759. The molecule has 20 heavy (non-hydrogen) atoms. The van der Waals surface area contributed by atoms with Crippen LogP contribution >= 0.6 is 0 Å². The molecule has 1 aromatic carbocycles. The summed E-state index contributed by atoms with van der Waals surface area (Å²) in [5.41, 5.74) is -2.54. The van der Waals surface area contributed by atoms with Crippen LogP contribution in [0, 0.1) is 11.6 Å². The molecule has 0 saturated carbocycles. The predicted molar refractivity (Wildman–Crippen MR) is 61.2 cm³/mol. The van der Waals surface area contributed by atoms with Gasteiger partial charge in [-0.05, 0) is 19.0 Å². The van der Waals surface area contributed by atoms with Crippen LogP contribution in [0.4, 0.5) is 22.0 Å². The Hall–Kier alpha value is -1.70. The smallest absolute Gasteiger partial charge is 0.341 e. The van der Waals surface area contributed by atoms with Gasteiger partial charge in [-0.2, -0.15) is 13.2 Å². The Bertz CT molecular complexity index is 655. The number of aromatic amines is 1. The standard InChI is InChI=1S/C12H10F5N3/c13-6-3-7(14)9-8(4-6)19-10(20-9)11(12(15,16)17)1-2-18-5-11/h3-4,18H,1-2,5H2,(H,19,20). The van der Waals surface area contributed by atoms with Crippen LogP contribution in [0.15, 0.2) is 12.1 Å². The second kappa shape index (κ2) is 4.15. The van der Waals surface area contributed by atoms with Gasteiger partial charge in [-0.1, -0.05) is 0 Å². The van der Waals surface area contributed by atoms with Crippen LogP contribution in [0.3, 0.4) is 0 Å². The summed E-state index contributed by atoms with van der Waals surface area (Å²) < 4.78 is 66.7. The summed E-state index contributed by atoms with van der Waals surface area (Å²) in [6.45, 7) is -0.145. The molecule has 1 atom stereocenters. The van der Waals surface area contributed by atoms with E-state index in [0.717, 1.165) is 6.07 Å². The number of rotatable bonds is 1. The third kappa shape index (κ3) is 1.78. The van der Waals surface area contributed by atoms with E-state index in [-0.39, 0.29) is 36.4 Å². The largest absolute Gasteiger partial charge is 0.402 e. The van der Waals surface area contributed by atoms with Gasteiger partial charge in [0.25, 0.3) is 0 Å². The fourth-order valence-corrected chi connectivity index (χ4v) is 2.54. The van der Waals surface area contributed by atoms with Crippen molar-refractivity contribution in [2.45, 2.75) is 18.0 Å². The highest BCUT2D eigenvalue weighted by Gasteiger charge is 2.59. The summed E-state index contributed by atoms with van der Waals surface area (Å²) in [4.78, 5) is 6.13. The minimum Gasteiger partial charge on any atom is -0.341 e. The lowest BCUT2D eigenvalue weighted by atomic mass is 9.85. The zero-order chi connectivity index (χ0) is 14.5. The first-order chi connectivity index (χ1) is 9.33. The maximum absolute atomic E-state index is 13.5. The van der Waals surface area contributed by atoms with Crippen molar-refractivity contribution < 1.29 is 22.0 Å². The predicted octanol–water partition coefficient (Wildman–Crippen LogP) is 2.63. The molecule has 0 aliphatic carbocycles. The molecular weight excluding hydrogens is 281 g/mol. The van der Waals surface area contributed by atoms with E-state index in [1.165, 1.54) is 0 Å². The number of fused-ring (bicyclic) bond motifs is 1. The number of hydrogen-bond acceptors (Lipinski definition) is 2. The fraction of sp³-hybridized carbons (Fsp3) is 0.417. The van der Waals surface area contributed by atoms with Crippen molar-refractivity contribution in [2.24, 2.45) is 0 Å². The van der Waals surface area contributed by atoms with Gasteiger partial charge in [0.1, 0.15) is 22.6 Å². The van der Waals surface area contributed by atoms with Gasteiger partial charge < -0.3 is 10.3 Å². The van der Waals surface area contributed by atoms with Crippen molar-refractivity contribution in [2.75, 3.05) is 13.1 Å². The highest BCUT2D eigenvalue weighted by atomic mass is 19.4. The Morgan fingerprint density at radius 2 is 1.95 bits per heavy atom. The number of hydrogen-bond donors (Lipinski definition) is 2. The molecule has 1 unspecified atom stereocenters. The van der Waals surface area contributed by atoms with Crippen LogP contribution in [0.25, 0.3) is 11.0 Å². The molecule has 2 N–H and O–H groups in total. The number of alkyl halides is 3. The van der Waals surface area contributed by atoms with Crippen molar-refractivity contribution in [3.8, 4) is 0 Å². The minimum atomic E-state index is -4.53. The first kappa shape index (κ1) is 13.3. The van der Waals surface area contributed by atoms with Gasteiger partial charge in [0.05, 0.1) is 5.52 Å². The first-order valence-electron chi connectivity index (χ1n) is 5.96. The molecule has 1 aromatic heterocycles. The molecule has 3 nitrogen and oxygen atoms in total. The van der Waals surface area contributed by atoms with Gasteiger partial charge in [0.15, 0.2) is 5.82 Å². The van der Waals surface area contributed by atoms with Crippen LogP contribution in [0.1, 0.15) is 12.2 Å². The quantitative estimate of drug-likeness (QED) is 0.793. The molecule has 3 rings (SSSR count). The Kier molecular flexibility index (Phi) is 2.75. The molecule has 2 aromatic rings. The monoisotopic (exact) mass is 291 g/mol. The van der Waals surface area contributed by atoms with Crippen LogP contribution in [0.2, 0.25) is 0 Å². The van der Waals surface area contributed by atoms with E-state index < -0.39 is 23.2 Å². The van der Waals surface area contributed by atoms with Crippen molar-refractivity contribution in [1.82, 2.24) is 15.3 Å². The van der Waals surface area contributed by atoms with Gasteiger partial charge in [0.2, 0.25) is 0 Å². The normalized spacial score (nSPS) is 23.6. The Balaban J connectivity index is 2.20. The van der Waals surface area contributed by atoms with Crippen molar-refractivity contribution in [3.63, 3.8) is 0 Å². The molecule has 8 heteroatoms. The molecule has 1 aliphatic heterocycles. The van der Waals surface area contributed by atoms with E-state index in [1.54, 1.807) is 0 Å². The Morgan fingerprint density at radius 3 is 2.55 bits per heavy atom. The van der Waals surface area contributed by atoms with Crippen LogP contribution in [-0.4, -0.2) is 29.2 Å². The summed E-state index contributed by atoms with van der Waals surface area (Å²) in [5.74, 6) is -2.23. The molecule has 2 heterocycles. The third-order valence-electron chi connectivity index (χ3n) is 3.66. The second-order valence-electron chi connectivity index (χ2n) is 4.88. The molecule has 0 amide bonds. The van der Waals surface area contributed by atoms with Gasteiger partial charge in [0, 0.05) is 12.6 Å². The van der Waals surface area contributed by atoms with Crippen molar-refractivity contribution >= 4 is 11.0 Å². The molecular formula is C12H10F5N3. The van der Waals surface area contributed by atoms with Gasteiger partial charge in [-0.3, -0.25) is 0 Å². The maximum Gasteiger partial charge on any atom is 0.402 e. The lowest BCUT2D eigenvalue weighted by Gasteiger charge is -2.28. The van der Waals surface area contributed by atoms with E-state index >= 15 is 0 Å². The van der Waals surface area contributed by atoms with Gasteiger partial charge >= 0.3 is 6.18 Å². The molecule has 0 spiro atoms. The SMILES string of the molecule is Fc1cc(F)c2nc(C3(C(F)(F)F)CCNC3)[nH]c2c1. The van der Waals surface area contributed by atoms with Crippen LogP contribution in [0.5, 0.6) is 0 Å². The highest BCUT2D eigenvalue weighted by Crippen LogP contribution is 2.44. The molecule has 1 fully saturated rings. The number of H-pyrrole nitrogens is 1. The summed E-state index contributed by atoms with van der Waals surface area (Å²) in [5, 5.41) is 2.64. The average molecular weight is 291 g/mol. The fourth-order valence-electron chi connectivity index (χ4n) is 2.54. The zero-order valence-corrected chi connectivity index (χ0v) is 10.1. The number of aromatic nitrogens is 2. The number of imidazole rings is 1. The summed E-state index contributed by atoms with van der Waals surface area (Å²) in [6, 6.07) is 1.53. The number of nitrogens with one attached hydrogen (secondary N) is 2. The Morgan fingerprint density at radius 1 is 1.20 bits per heavy atom. The molecule has 0 radical (unpaired) electrons. The number of nitrogens with zero attached hydrogens (tertiary/aromatic N) is 1. The van der Waals surface area contributed by atoms with Crippen LogP contribution in [-0.2, 0) is 5.41 Å². The van der Waals surface area contributed by atoms with E-state index in [2.05, 4.69) is 15.3 Å². The maximum atomic E-state index is 13.5. The van der Waals surface area contributed by atoms with E-state index in [0.29, 0.717) is 6.07 Å². The summed E-state index contributed by atoms with van der Waals surface area (Å²) in [7, 11) is 0. The molecule has 108 valence electrons. The molecule has 1 saturated heterocycles. The van der Waals surface area contributed by atoms with E-state index in [4.69, 9.17) is 0 Å². The first-order valence-corrected chi connectivity index (χ1v) is 5.96. The topological polar surface area (TPSA) is 40.7 Å². The second-order valence-corrected chi connectivity index (χ2v) is 4.88. The molecule has 1 aliphatic rings. The Labute approximate surface area is 110 Å². The number of benzene rings is 1. The highest BCUT2D eigenvalue weighted by molar-refractivity contribution is 5.76. The van der Waals surface area contributed by atoms with Gasteiger partial charge in [-0.25, -0.2) is 13.8 Å². The summed E-state index contributed by atoms with van der Waals surface area (Å²) in [6.07, 6.45) is -4.72. The van der Waals surface area contributed by atoms with E-state index in [1.807, 2.05) is 0 Å². The zero-order valence-electron chi connectivity index (χ0n) is 10.1. The third-order valence-corrected chi connectivity index (χ3v) is 3.66. The molecule has 0 bridgehead atoms. The van der Waals surface area contributed by atoms with Gasteiger partial charge in [-0.15, -0.1) is 0 Å². The van der Waals surface area contributed by atoms with E-state index in [9.17, 15) is 22.0 Å². The number of halogens is 5. The van der Waals surface area contributed by atoms with Crippen molar-refractivity contribution in [1.29, 1.82) is 0 Å². The lowest BCUT2D eigenvalue weighted by Crippen LogP contribution is -2.45. The van der Waals surface area contributed by atoms with Crippen LogP contribution < -0.4 is 5.32 Å². The average Bonchev–Trinajstić information content (AvgIpc) is 2.92. The summed E-state index contributed by atoms with van der Waals surface area (Å²) >= 11 is 0. The van der Waals surface area contributed by atoms with Crippen molar-refractivity contribution in [3.05, 3.63) is 29.6 Å².